The van der Waals surface area contributed by atoms with Gasteiger partial charge in [0.25, 0.3) is 5.91 Å². The summed E-state index contributed by atoms with van der Waals surface area (Å²) < 4.78 is 0.970. The number of carbonyl (C=O) groups is 1. The Morgan fingerprint density at radius 1 is 1.06 bits per heavy atom. The number of hydrogen-bond donors (Lipinski definition) is 1. The first kappa shape index (κ1) is 20.0. The lowest BCUT2D eigenvalue weighted by Gasteiger charge is -2.26. The number of aryl methyl sites for hydroxylation is 1. The molecule has 0 spiro atoms. The monoisotopic (exact) mass is 491 g/mol. The molecule has 3 aromatic carbocycles. The van der Waals surface area contributed by atoms with Crippen LogP contribution in [-0.4, -0.2) is 21.0 Å². The minimum Gasteiger partial charge on any atom is -0.322 e. The lowest BCUT2D eigenvalue weighted by Crippen LogP contribution is -2.29. The minimum atomic E-state index is -0.245. The molecule has 1 aliphatic heterocycles. The van der Waals surface area contributed by atoms with Gasteiger partial charge in [-0.15, -0.1) is 0 Å². The molecular weight excluding hydrogens is 474 g/mol. The molecule has 0 radical (unpaired) electrons. The van der Waals surface area contributed by atoms with Gasteiger partial charge in [0, 0.05) is 27.2 Å². The Balaban J connectivity index is 1.64. The highest BCUT2D eigenvalue weighted by Gasteiger charge is 2.42. The van der Waals surface area contributed by atoms with Crippen LogP contribution in [0.3, 0.4) is 0 Å². The van der Waals surface area contributed by atoms with Gasteiger partial charge in [-0.05, 0) is 42.3 Å². The highest BCUT2D eigenvalue weighted by Crippen LogP contribution is 2.44. The lowest BCUT2D eigenvalue weighted by atomic mass is 9.96. The number of aromatic nitrogens is 2. The van der Waals surface area contributed by atoms with Crippen LogP contribution in [0.4, 0.5) is 0 Å². The molecule has 5 rings (SSSR count). The van der Waals surface area contributed by atoms with E-state index in [0.717, 1.165) is 32.4 Å². The topological polar surface area (TPSA) is 49.0 Å². The zero-order valence-corrected chi connectivity index (χ0v) is 19.1. The first-order chi connectivity index (χ1) is 15.0. The molecule has 0 fully saturated rings. The van der Waals surface area contributed by atoms with Crippen molar-refractivity contribution in [1.82, 2.24) is 15.1 Å². The van der Waals surface area contributed by atoms with Gasteiger partial charge in [0.1, 0.15) is 5.69 Å². The van der Waals surface area contributed by atoms with Gasteiger partial charge in [0.05, 0.1) is 11.7 Å². The SMILES string of the molecule is Cc1ccc(CN2C(=O)c3[nH]nc(-c4ccc(Cl)cc4)c3C2c2cccc(Br)c2)cc1. The second-order valence-corrected chi connectivity index (χ2v) is 9.10. The molecule has 0 bridgehead atoms. The van der Waals surface area contributed by atoms with Crippen molar-refractivity contribution in [3.63, 3.8) is 0 Å². The third-order valence-electron chi connectivity index (χ3n) is 5.62. The smallest absolute Gasteiger partial charge is 0.273 e. The molecule has 4 nitrogen and oxygen atoms in total. The van der Waals surface area contributed by atoms with Gasteiger partial charge in [0.2, 0.25) is 0 Å². The fourth-order valence-electron chi connectivity index (χ4n) is 4.10. The van der Waals surface area contributed by atoms with Gasteiger partial charge in [-0.1, -0.05) is 81.6 Å². The van der Waals surface area contributed by atoms with Crippen LogP contribution in [0.2, 0.25) is 5.02 Å². The van der Waals surface area contributed by atoms with Crippen LogP contribution >= 0.6 is 27.5 Å². The van der Waals surface area contributed by atoms with Crippen LogP contribution in [-0.2, 0) is 6.54 Å². The minimum absolute atomic E-state index is 0.0479. The van der Waals surface area contributed by atoms with Crippen molar-refractivity contribution in [2.45, 2.75) is 19.5 Å². The van der Waals surface area contributed by atoms with E-state index in [0.29, 0.717) is 17.3 Å². The summed E-state index contributed by atoms with van der Waals surface area (Å²) >= 11 is 9.66. The van der Waals surface area contributed by atoms with Crippen molar-refractivity contribution >= 4 is 33.4 Å². The third kappa shape index (κ3) is 3.68. The lowest BCUT2D eigenvalue weighted by molar-refractivity contribution is 0.0730. The summed E-state index contributed by atoms with van der Waals surface area (Å²) in [6.45, 7) is 2.57. The first-order valence-electron chi connectivity index (χ1n) is 9.97. The van der Waals surface area contributed by atoms with Gasteiger partial charge >= 0.3 is 0 Å². The molecule has 1 atom stereocenters. The molecule has 1 unspecified atom stereocenters. The fourth-order valence-corrected chi connectivity index (χ4v) is 4.64. The van der Waals surface area contributed by atoms with Crippen molar-refractivity contribution < 1.29 is 4.79 Å². The third-order valence-corrected chi connectivity index (χ3v) is 6.36. The van der Waals surface area contributed by atoms with E-state index in [1.165, 1.54) is 5.56 Å². The van der Waals surface area contributed by atoms with E-state index in [1.807, 2.05) is 41.3 Å². The molecule has 1 aliphatic rings. The molecule has 1 amide bonds. The van der Waals surface area contributed by atoms with E-state index in [-0.39, 0.29) is 11.9 Å². The number of amides is 1. The van der Waals surface area contributed by atoms with Crippen LogP contribution in [0.1, 0.15) is 38.8 Å². The molecule has 1 N–H and O–H groups in total. The van der Waals surface area contributed by atoms with Crippen molar-refractivity contribution in [2.75, 3.05) is 0 Å². The summed E-state index contributed by atoms with van der Waals surface area (Å²) in [5.41, 5.74) is 6.46. The van der Waals surface area contributed by atoms with Crippen LogP contribution in [0, 0.1) is 6.92 Å². The Morgan fingerprint density at radius 2 is 1.81 bits per heavy atom. The predicted molar refractivity (Wildman–Crippen MR) is 126 cm³/mol. The van der Waals surface area contributed by atoms with Crippen LogP contribution in [0.25, 0.3) is 11.3 Å². The Morgan fingerprint density at radius 3 is 2.52 bits per heavy atom. The van der Waals surface area contributed by atoms with E-state index in [4.69, 9.17) is 11.6 Å². The quantitative estimate of drug-likeness (QED) is 0.351. The Kier molecular flexibility index (Phi) is 5.16. The maximum absolute atomic E-state index is 13.5. The second-order valence-electron chi connectivity index (χ2n) is 7.74. The predicted octanol–water partition coefficient (Wildman–Crippen LogP) is 6.55. The van der Waals surface area contributed by atoms with E-state index >= 15 is 0 Å². The number of hydrogen-bond acceptors (Lipinski definition) is 2. The number of fused-ring (bicyclic) bond motifs is 1. The van der Waals surface area contributed by atoms with Crippen molar-refractivity contribution in [3.8, 4) is 11.3 Å². The molecule has 0 saturated heterocycles. The maximum atomic E-state index is 13.5. The summed E-state index contributed by atoms with van der Waals surface area (Å²) in [5.74, 6) is -0.0479. The molecule has 31 heavy (non-hydrogen) atoms. The first-order valence-corrected chi connectivity index (χ1v) is 11.1. The molecule has 4 aromatic rings. The van der Waals surface area contributed by atoms with Crippen molar-refractivity contribution in [3.05, 3.63) is 110 Å². The summed E-state index contributed by atoms with van der Waals surface area (Å²) in [7, 11) is 0. The van der Waals surface area contributed by atoms with E-state index in [1.54, 1.807) is 0 Å². The van der Waals surface area contributed by atoms with Crippen LogP contribution < -0.4 is 0 Å². The largest absolute Gasteiger partial charge is 0.322 e. The van der Waals surface area contributed by atoms with Gasteiger partial charge in [0.15, 0.2) is 0 Å². The molecule has 1 aromatic heterocycles. The van der Waals surface area contributed by atoms with Crippen LogP contribution in [0.5, 0.6) is 0 Å². The van der Waals surface area contributed by atoms with Crippen LogP contribution in [0.15, 0.2) is 77.3 Å². The second kappa shape index (κ2) is 7.98. The summed E-state index contributed by atoms with van der Waals surface area (Å²) in [6.07, 6.45) is 0. The van der Waals surface area contributed by atoms with Gasteiger partial charge in [-0.2, -0.15) is 5.10 Å². The molecule has 6 heteroatoms. The Hall–Kier alpha value is -2.89. The Labute approximate surface area is 194 Å². The van der Waals surface area contributed by atoms with Gasteiger partial charge in [-0.3, -0.25) is 9.89 Å². The number of carbonyl (C=O) groups excluding carboxylic acids is 1. The number of rotatable bonds is 4. The normalized spacial score (nSPS) is 15.4. The fraction of sp³-hybridized carbons (Fsp3) is 0.120. The van der Waals surface area contributed by atoms with Crippen molar-refractivity contribution in [1.29, 1.82) is 0 Å². The zero-order valence-electron chi connectivity index (χ0n) is 16.8. The number of benzene rings is 3. The molecule has 2 heterocycles. The van der Waals surface area contributed by atoms with Crippen molar-refractivity contribution in [2.24, 2.45) is 0 Å². The molecule has 0 aliphatic carbocycles. The number of halogens is 2. The van der Waals surface area contributed by atoms with Gasteiger partial charge < -0.3 is 4.90 Å². The average Bonchev–Trinajstić information content (AvgIpc) is 3.30. The molecular formula is C25H19BrClN3O. The number of nitrogens with zero attached hydrogens (tertiary/aromatic N) is 2. The number of nitrogens with one attached hydrogen (secondary N) is 1. The molecule has 0 saturated carbocycles. The Bertz CT molecular complexity index is 1260. The van der Waals surface area contributed by atoms with E-state index in [9.17, 15) is 4.79 Å². The average molecular weight is 493 g/mol. The number of aromatic amines is 1. The zero-order chi connectivity index (χ0) is 21.5. The highest BCUT2D eigenvalue weighted by atomic mass is 79.9. The summed E-state index contributed by atoms with van der Waals surface area (Å²) in [4.78, 5) is 15.4. The molecule has 154 valence electrons. The summed E-state index contributed by atoms with van der Waals surface area (Å²) in [6, 6.07) is 23.7. The van der Waals surface area contributed by atoms with E-state index < -0.39 is 0 Å². The summed E-state index contributed by atoms with van der Waals surface area (Å²) in [5, 5.41) is 8.18. The highest BCUT2D eigenvalue weighted by molar-refractivity contribution is 9.10. The van der Waals surface area contributed by atoms with Gasteiger partial charge in [-0.25, -0.2) is 0 Å². The van der Waals surface area contributed by atoms with E-state index in [2.05, 4.69) is 69.4 Å². The number of H-pyrrole nitrogens is 1. The maximum Gasteiger partial charge on any atom is 0.273 e. The standard InChI is InChI=1S/C25H19BrClN3O/c1-15-5-7-16(8-6-15)14-30-24(18-3-2-4-19(26)13-18)21-22(28-29-23(21)25(30)31)17-9-11-20(27)12-10-17/h2-13,24H,14H2,1H3,(H,28,29).